The van der Waals surface area contributed by atoms with Crippen LogP contribution in [-0.2, 0) is 14.9 Å². The fourth-order valence-corrected chi connectivity index (χ4v) is 5.23. The summed E-state index contributed by atoms with van der Waals surface area (Å²) in [6, 6.07) is 25.1. The molecule has 0 bridgehead atoms. The largest absolute Gasteiger partial charge is 0.468 e. The first kappa shape index (κ1) is 24.9. The molecule has 1 saturated heterocycles. The number of hydrogen-bond acceptors (Lipinski definition) is 4. The van der Waals surface area contributed by atoms with Gasteiger partial charge in [0, 0.05) is 31.9 Å². The molecule has 4 nitrogen and oxygen atoms in total. The third kappa shape index (κ3) is 5.73. The number of carbonyl (C=O) groups excluding carboxylic acids is 1. The topological polar surface area (TPSA) is 32.8 Å². The van der Waals surface area contributed by atoms with Gasteiger partial charge in [0.05, 0.1) is 12.5 Å². The zero-order valence-electron chi connectivity index (χ0n) is 20.8. The highest BCUT2D eigenvalue weighted by atomic mass is 19.1. The van der Waals surface area contributed by atoms with Gasteiger partial charge in [-0.05, 0) is 66.8 Å². The fraction of sp³-hybridized carbons (Fsp3) is 0.367. The number of methoxy groups -OCH3 is 1. The first-order valence-electron chi connectivity index (χ1n) is 12.5. The van der Waals surface area contributed by atoms with Crippen LogP contribution in [0.5, 0.6) is 0 Å². The number of rotatable bonds is 9. The predicted octanol–water partition coefficient (Wildman–Crippen LogP) is 5.92. The van der Waals surface area contributed by atoms with Crippen molar-refractivity contribution in [1.29, 1.82) is 0 Å². The smallest absolute Gasteiger partial charge is 0.316 e. The second kappa shape index (κ2) is 11.5. The van der Waals surface area contributed by atoms with Crippen LogP contribution in [0.2, 0.25) is 0 Å². The quantitative estimate of drug-likeness (QED) is 0.361. The molecule has 0 saturated carbocycles. The summed E-state index contributed by atoms with van der Waals surface area (Å²) in [5, 5.41) is 0. The van der Waals surface area contributed by atoms with Crippen LogP contribution in [0.3, 0.4) is 0 Å². The molecule has 3 aromatic rings. The highest BCUT2D eigenvalue weighted by molar-refractivity contribution is 5.83. The van der Waals surface area contributed by atoms with Crippen molar-refractivity contribution in [2.24, 2.45) is 0 Å². The molecular weight excluding hydrogens is 439 g/mol. The monoisotopic (exact) mass is 474 g/mol. The van der Waals surface area contributed by atoms with E-state index >= 15 is 0 Å². The molecule has 35 heavy (non-hydrogen) atoms. The number of esters is 1. The maximum atomic E-state index is 13.7. The van der Waals surface area contributed by atoms with Crippen molar-refractivity contribution >= 4 is 11.7 Å². The Labute approximate surface area is 208 Å². The summed E-state index contributed by atoms with van der Waals surface area (Å²) in [5.74, 6) is -0.359. The summed E-state index contributed by atoms with van der Waals surface area (Å²) in [4.78, 5) is 17.7. The SMILES string of the molecule is CCC(CCCN1CCN(c2cccc(-c3cccc(F)c3)c2)CC1)(C(=O)OC)c1ccccc1. The Hall–Kier alpha value is -3.18. The zero-order chi connectivity index (χ0) is 24.7. The summed E-state index contributed by atoms with van der Waals surface area (Å²) in [5.41, 5.74) is 3.55. The van der Waals surface area contributed by atoms with Gasteiger partial charge >= 0.3 is 5.97 Å². The molecule has 1 aliphatic rings. The summed E-state index contributed by atoms with van der Waals surface area (Å²) in [7, 11) is 1.48. The fourth-order valence-electron chi connectivity index (χ4n) is 5.23. The molecule has 0 spiro atoms. The van der Waals surface area contributed by atoms with Crippen molar-refractivity contribution in [3.05, 3.63) is 90.2 Å². The van der Waals surface area contributed by atoms with E-state index in [1.54, 1.807) is 12.1 Å². The van der Waals surface area contributed by atoms with Gasteiger partial charge in [-0.2, -0.15) is 0 Å². The molecular formula is C30H35FN2O2. The van der Waals surface area contributed by atoms with Gasteiger partial charge in [0.25, 0.3) is 0 Å². The molecule has 0 amide bonds. The Balaban J connectivity index is 1.34. The molecule has 184 valence electrons. The van der Waals surface area contributed by atoms with Crippen molar-refractivity contribution in [3.63, 3.8) is 0 Å². The number of halogens is 1. The highest BCUT2D eigenvalue weighted by Crippen LogP contribution is 2.34. The van der Waals surface area contributed by atoms with Crippen molar-refractivity contribution < 1.29 is 13.9 Å². The van der Waals surface area contributed by atoms with Gasteiger partial charge in [0.2, 0.25) is 0 Å². The van der Waals surface area contributed by atoms with Gasteiger partial charge in [0.15, 0.2) is 0 Å². The van der Waals surface area contributed by atoms with Crippen LogP contribution >= 0.6 is 0 Å². The van der Waals surface area contributed by atoms with Crippen LogP contribution in [-0.4, -0.2) is 50.7 Å². The van der Waals surface area contributed by atoms with Crippen molar-refractivity contribution in [3.8, 4) is 11.1 Å². The number of carbonyl (C=O) groups is 1. The van der Waals surface area contributed by atoms with Crippen molar-refractivity contribution in [2.75, 3.05) is 44.7 Å². The number of ether oxygens (including phenoxy) is 1. The number of piperazine rings is 1. The lowest BCUT2D eigenvalue weighted by atomic mass is 9.74. The van der Waals surface area contributed by atoms with Gasteiger partial charge in [0.1, 0.15) is 5.82 Å². The minimum absolute atomic E-state index is 0.144. The standard InChI is InChI=1S/C30H35FN2O2/c1-3-30(29(34)35-2,26-12-5-4-6-13-26)16-9-17-32-18-20-33(21-19-32)28-15-8-11-25(23-28)24-10-7-14-27(31)22-24/h4-8,10-15,22-23H,3,9,16-21H2,1-2H3. The van der Waals surface area contributed by atoms with Crippen molar-refractivity contribution in [2.45, 2.75) is 31.6 Å². The molecule has 1 fully saturated rings. The summed E-state index contributed by atoms with van der Waals surface area (Å²) < 4.78 is 18.9. The molecule has 1 atom stereocenters. The minimum Gasteiger partial charge on any atom is -0.468 e. The number of anilines is 1. The van der Waals surface area contributed by atoms with Crippen molar-refractivity contribution in [1.82, 2.24) is 4.90 Å². The molecule has 1 heterocycles. The number of nitrogens with zero attached hydrogens (tertiary/aromatic N) is 2. The molecule has 0 aliphatic carbocycles. The molecule has 1 unspecified atom stereocenters. The normalized spacial score (nSPS) is 16.0. The third-order valence-corrected chi connectivity index (χ3v) is 7.33. The minimum atomic E-state index is -0.588. The average Bonchev–Trinajstić information content (AvgIpc) is 2.92. The van der Waals surface area contributed by atoms with Gasteiger partial charge in [-0.25, -0.2) is 4.39 Å². The Kier molecular flexibility index (Phi) is 8.19. The van der Waals surface area contributed by atoms with Crippen LogP contribution in [0, 0.1) is 5.82 Å². The first-order valence-corrected chi connectivity index (χ1v) is 12.5. The number of hydrogen-bond donors (Lipinski definition) is 0. The third-order valence-electron chi connectivity index (χ3n) is 7.33. The van der Waals surface area contributed by atoms with E-state index in [1.807, 2.05) is 48.5 Å². The maximum Gasteiger partial charge on any atom is 0.316 e. The second-order valence-electron chi connectivity index (χ2n) is 9.29. The zero-order valence-corrected chi connectivity index (χ0v) is 20.8. The number of benzene rings is 3. The average molecular weight is 475 g/mol. The highest BCUT2D eigenvalue weighted by Gasteiger charge is 2.39. The molecule has 1 aliphatic heterocycles. The summed E-state index contributed by atoms with van der Waals surface area (Å²) in [6.45, 7) is 6.88. The molecule has 0 aromatic heterocycles. The van der Waals surface area contributed by atoms with Crippen LogP contribution in [0.4, 0.5) is 10.1 Å². The molecule has 4 rings (SSSR count). The summed E-state index contributed by atoms with van der Waals surface area (Å²) >= 11 is 0. The first-order chi connectivity index (χ1) is 17.1. The molecule has 0 N–H and O–H groups in total. The van der Waals surface area contributed by atoms with Gasteiger partial charge in [-0.15, -0.1) is 0 Å². The molecule has 0 radical (unpaired) electrons. The van der Waals surface area contributed by atoms with E-state index in [1.165, 1.54) is 18.9 Å². The molecule has 5 heteroatoms. The Morgan fingerprint density at radius 2 is 1.60 bits per heavy atom. The maximum absolute atomic E-state index is 13.7. The Morgan fingerprint density at radius 1 is 0.914 bits per heavy atom. The van der Waals surface area contributed by atoms with Gasteiger partial charge in [-0.1, -0.05) is 61.5 Å². The Morgan fingerprint density at radius 3 is 2.26 bits per heavy atom. The lowest BCUT2D eigenvalue weighted by Crippen LogP contribution is -2.47. The van der Waals surface area contributed by atoms with E-state index in [0.29, 0.717) is 0 Å². The van der Waals surface area contributed by atoms with E-state index in [-0.39, 0.29) is 11.8 Å². The Bertz CT molecular complexity index is 1110. The van der Waals surface area contributed by atoms with Crippen LogP contribution in [0.15, 0.2) is 78.9 Å². The van der Waals surface area contributed by atoms with E-state index in [4.69, 9.17) is 4.74 Å². The van der Waals surface area contributed by atoms with E-state index in [2.05, 4.69) is 28.9 Å². The van der Waals surface area contributed by atoms with E-state index < -0.39 is 5.41 Å². The summed E-state index contributed by atoms with van der Waals surface area (Å²) in [6.07, 6.45) is 2.43. The second-order valence-corrected chi connectivity index (χ2v) is 9.29. The van der Waals surface area contributed by atoms with Crippen LogP contribution in [0.25, 0.3) is 11.1 Å². The lowest BCUT2D eigenvalue weighted by Gasteiger charge is -2.37. The molecule has 3 aromatic carbocycles. The van der Waals surface area contributed by atoms with Crippen LogP contribution < -0.4 is 4.90 Å². The van der Waals surface area contributed by atoms with Crippen LogP contribution in [0.1, 0.15) is 31.7 Å². The van der Waals surface area contributed by atoms with Gasteiger partial charge in [-0.3, -0.25) is 9.69 Å². The van der Waals surface area contributed by atoms with Gasteiger partial charge < -0.3 is 9.64 Å². The van der Waals surface area contributed by atoms with E-state index in [0.717, 1.165) is 68.7 Å². The predicted molar refractivity (Wildman–Crippen MR) is 140 cm³/mol. The lowest BCUT2D eigenvalue weighted by molar-refractivity contribution is -0.148. The van der Waals surface area contributed by atoms with E-state index in [9.17, 15) is 9.18 Å².